The number of alkyl halides is 1. The Bertz CT molecular complexity index is 540. The van der Waals surface area contributed by atoms with Crippen LogP contribution in [0.5, 0.6) is 5.75 Å². The van der Waals surface area contributed by atoms with E-state index in [0.717, 1.165) is 26.7 Å². The normalized spacial score (nSPS) is 12.2. The van der Waals surface area contributed by atoms with Crippen LogP contribution in [0.4, 0.5) is 0 Å². The third kappa shape index (κ3) is 4.33. The third-order valence-electron chi connectivity index (χ3n) is 2.97. The molecule has 0 aliphatic rings. The number of benzene rings is 2. The van der Waals surface area contributed by atoms with E-state index >= 15 is 0 Å². The van der Waals surface area contributed by atoms with Crippen LogP contribution in [0.15, 0.2) is 53.0 Å². The monoisotopic (exact) mass is 398 g/mol. The molecule has 20 heavy (non-hydrogen) atoms. The van der Waals surface area contributed by atoms with E-state index in [1.165, 1.54) is 0 Å². The second kappa shape index (κ2) is 7.81. The molecule has 0 fully saturated rings. The van der Waals surface area contributed by atoms with Crippen LogP contribution in [0.3, 0.4) is 0 Å². The molecule has 2 aromatic rings. The van der Waals surface area contributed by atoms with Gasteiger partial charge in [0.2, 0.25) is 0 Å². The van der Waals surface area contributed by atoms with E-state index in [9.17, 15) is 0 Å². The minimum atomic E-state index is 0.0364. The highest BCUT2D eigenvalue weighted by Crippen LogP contribution is 2.24. The number of hydrogen-bond acceptors (Lipinski definition) is 2. The average molecular weight is 400 g/mol. The zero-order chi connectivity index (χ0) is 14.4. The Hall–Kier alpha value is -0.840. The molecule has 0 N–H and O–H groups in total. The van der Waals surface area contributed by atoms with Crippen molar-refractivity contribution in [3.63, 3.8) is 0 Å². The maximum atomic E-state index is 5.99. The summed E-state index contributed by atoms with van der Waals surface area (Å²) in [6, 6.07) is 16.1. The van der Waals surface area contributed by atoms with Crippen molar-refractivity contribution in [1.29, 1.82) is 0 Å². The minimum absolute atomic E-state index is 0.0364. The van der Waals surface area contributed by atoms with E-state index in [4.69, 9.17) is 9.47 Å². The van der Waals surface area contributed by atoms with Gasteiger partial charge in [0, 0.05) is 9.80 Å². The molecule has 0 amide bonds. The zero-order valence-corrected chi connectivity index (χ0v) is 14.4. The first-order valence-corrected chi connectivity index (χ1v) is 8.20. The van der Waals surface area contributed by atoms with Crippen LogP contribution in [-0.4, -0.2) is 12.4 Å². The second-order valence-corrected chi connectivity index (χ2v) is 5.92. The standard InChI is InChI=1S/C16H16Br2O2/c1-19-15-4-2-3-12(9-15)11-20-16(10-17)13-5-7-14(18)8-6-13/h2-9,16H,10-11H2,1H3. The Kier molecular flexibility index (Phi) is 6.07. The topological polar surface area (TPSA) is 18.5 Å². The Morgan fingerprint density at radius 3 is 2.50 bits per heavy atom. The van der Waals surface area contributed by atoms with Gasteiger partial charge in [-0.05, 0) is 35.4 Å². The summed E-state index contributed by atoms with van der Waals surface area (Å²) in [6.45, 7) is 0.559. The van der Waals surface area contributed by atoms with Crippen molar-refractivity contribution in [2.45, 2.75) is 12.7 Å². The molecule has 0 bridgehead atoms. The summed E-state index contributed by atoms with van der Waals surface area (Å²) in [5.41, 5.74) is 2.26. The Labute approximate surface area is 136 Å². The molecule has 2 rings (SSSR count). The summed E-state index contributed by atoms with van der Waals surface area (Å²) in [7, 11) is 1.67. The molecule has 0 radical (unpaired) electrons. The molecule has 0 spiro atoms. The third-order valence-corrected chi connectivity index (χ3v) is 4.08. The molecule has 2 nitrogen and oxygen atoms in total. The highest BCUT2D eigenvalue weighted by molar-refractivity contribution is 9.10. The lowest BCUT2D eigenvalue weighted by Gasteiger charge is -2.16. The van der Waals surface area contributed by atoms with Crippen molar-refractivity contribution in [1.82, 2.24) is 0 Å². The van der Waals surface area contributed by atoms with Gasteiger partial charge in [0.25, 0.3) is 0 Å². The maximum absolute atomic E-state index is 5.99. The summed E-state index contributed by atoms with van der Waals surface area (Å²) in [5, 5.41) is 0.763. The molecule has 0 saturated carbocycles. The van der Waals surface area contributed by atoms with Crippen molar-refractivity contribution >= 4 is 31.9 Å². The second-order valence-electron chi connectivity index (χ2n) is 4.36. The molecule has 1 unspecified atom stereocenters. The molecule has 0 aliphatic heterocycles. The van der Waals surface area contributed by atoms with Crippen molar-refractivity contribution < 1.29 is 9.47 Å². The van der Waals surface area contributed by atoms with Crippen LogP contribution in [0.25, 0.3) is 0 Å². The Morgan fingerprint density at radius 2 is 1.85 bits per heavy atom. The van der Waals surface area contributed by atoms with Gasteiger partial charge < -0.3 is 9.47 Å². The first-order chi connectivity index (χ1) is 9.72. The quantitative estimate of drug-likeness (QED) is 0.628. The number of ether oxygens (including phenoxy) is 2. The predicted molar refractivity (Wildman–Crippen MR) is 88.5 cm³/mol. The van der Waals surface area contributed by atoms with Gasteiger partial charge in [0.05, 0.1) is 19.8 Å². The molecular weight excluding hydrogens is 384 g/mol. The largest absolute Gasteiger partial charge is 0.497 e. The van der Waals surface area contributed by atoms with Gasteiger partial charge in [-0.15, -0.1) is 0 Å². The van der Waals surface area contributed by atoms with Crippen LogP contribution in [0.1, 0.15) is 17.2 Å². The fourth-order valence-electron chi connectivity index (χ4n) is 1.87. The summed E-state index contributed by atoms with van der Waals surface area (Å²) in [6.07, 6.45) is 0.0364. The molecule has 0 aliphatic carbocycles. The van der Waals surface area contributed by atoms with Gasteiger partial charge >= 0.3 is 0 Å². The lowest BCUT2D eigenvalue weighted by molar-refractivity contribution is 0.0565. The Balaban J connectivity index is 2.01. The van der Waals surface area contributed by atoms with E-state index in [0.29, 0.717) is 6.61 Å². The van der Waals surface area contributed by atoms with Crippen molar-refractivity contribution in [3.8, 4) is 5.75 Å². The molecule has 2 aromatic carbocycles. The number of halogens is 2. The van der Waals surface area contributed by atoms with Crippen LogP contribution in [0.2, 0.25) is 0 Å². The van der Waals surface area contributed by atoms with Gasteiger partial charge in [0.15, 0.2) is 0 Å². The number of hydrogen-bond donors (Lipinski definition) is 0. The van der Waals surface area contributed by atoms with Gasteiger partial charge in [-0.3, -0.25) is 0 Å². The van der Waals surface area contributed by atoms with E-state index in [1.807, 2.05) is 36.4 Å². The molecule has 0 heterocycles. The van der Waals surface area contributed by atoms with Crippen LogP contribution < -0.4 is 4.74 Å². The van der Waals surface area contributed by atoms with Gasteiger partial charge in [-0.25, -0.2) is 0 Å². The van der Waals surface area contributed by atoms with Crippen molar-refractivity contribution in [3.05, 3.63) is 64.1 Å². The lowest BCUT2D eigenvalue weighted by atomic mass is 10.1. The lowest BCUT2D eigenvalue weighted by Crippen LogP contribution is -2.06. The minimum Gasteiger partial charge on any atom is -0.497 e. The summed E-state index contributed by atoms with van der Waals surface area (Å²) >= 11 is 6.95. The summed E-state index contributed by atoms with van der Waals surface area (Å²) in [5.74, 6) is 0.852. The van der Waals surface area contributed by atoms with E-state index in [2.05, 4.69) is 44.0 Å². The van der Waals surface area contributed by atoms with Crippen LogP contribution >= 0.6 is 31.9 Å². The average Bonchev–Trinajstić information content (AvgIpc) is 2.50. The molecule has 0 saturated heterocycles. The maximum Gasteiger partial charge on any atom is 0.119 e. The molecule has 4 heteroatoms. The van der Waals surface area contributed by atoms with Crippen LogP contribution in [-0.2, 0) is 11.3 Å². The molecule has 0 aromatic heterocycles. The molecule has 1 atom stereocenters. The van der Waals surface area contributed by atoms with Crippen molar-refractivity contribution in [2.24, 2.45) is 0 Å². The predicted octanol–water partition coefficient (Wildman–Crippen LogP) is 5.11. The smallest absolute Gasteiger partial charge is 0.119 e. The first kappa shape index (κ1) is 15.5. The SMILES string of the molecule is COc1cccc(COC(CBr)c2ccc(Br)cc2)c1. The van der Waals surface area contributed by atoms with E-state index < -0.39 is 0 Å². The molecule has 106 valence electrons. The Morgan fingerprint density at radius 1 is 1.10 bits per heavy atom. The number of rotatable bonds is 6. The van der Waals surface area contributed by atoms with Gasteiger partial charge in [0.1, 0.15) is 5.75 Å². The van der Waals surface area contributed by atoms with E-state index in [-0.39, 0.29) is 6.10 Å². The van der Waals surface area contributed by atoms with Crippen molar-refractivity contribution in [2.75, 3.05) is 12.4 Å². The first-order valence-electron chi connectivity index (χ1n) is 6.29. The van der Waals surface area contributed by atoms with Gasteiger partial charge in [-0.2, -0.15) is 0 Å². The fourth-order valence-corrected chi connectivity index (χ4v) is 2.69. The van der Waals surface area contributed by atoms with Crippen LogP contribution in [0, 0.1) is 0 Å². The summed E-state index contributed by atoms with van der Waals surface area (Å²) in [4.78, 5) is 0. The fraction of sp³-hybridized carbons (Fsp3) is 0.250. The highest BCUT2D eigenvalue weighted by atomic mass is 79.9. The molecular formula is C16H16Br2O2. The van der Waals surface area contributed by atoms with Gasteiger partial charge in [-0.1, -0.05) is 56.1 Å². The van der Waals surface area contributed by atoms with E-state index in [1.54, 1.807) is 7.11 Å². The zero-order valence-electron chi connectivity index (χ0n) is 11.2. The highest BCUT2D eigenvalue weighted by Gasteiger charge is 2.10. The summed E-state index contributed by atoms with van der Waals surface area (Å²) < 4.78 is 12.3. The number of methoxy groups -OCH3 is 1.